The average molecular weight is 411 g/mol. The third-order valence-electron chi connectivity index (χ3n) is 4.11. The summed E-state index contributed by atoms with van der Waals surface area (Å²) >= 11 is 7.37. The van der Waals surface area contributed by atoms with E-state index in [2.05, 4.69) is 15.4 Å². The van der Waals surface area contributed by atoms with E-state index in [4.69, 9.17) is 11.6 Å². The topological polar surface area (TPSA) is 76.4 Å². The third-order valence-corrected chi connectivity index (χ3v) is 5.40. The zero-order valence-electron chi connectivity index (χ0n) is 14.8. The van der Waals surface area contributed by atoms with Crippen LogP contribution in [0, 0.1) is 6.92 Å². The number of rotatable bonds is 4. The number of aromatic nitrogens is 3. The van der Waals surface area contributed by atoms with Crippen LogP contribution < -0.4 is 10.9 Å². The first-order valence-electron chi connectivity index (χ1n) is 8.51. The Bertz CT molecular complexity index is 1250. The number of nitrogens with zero attached hydrogens (tertiary/aromatic N) is 3. The summed E-state index contributed by atoms with van der Waals surface area (Å²) in [7, 11) is 0. The third kappa shape index (κ3) is 3.67. The first-order valence-corrected chi connectivity index (χ1v) is 9.70. The summed E-state index contributed by atoms with van der Waals surface area (Å²) in [6.45, 7) is 2.12. The maximum Gasteiger partial charge on any atom is 0.275 e. The Morgan fingerprint density at radius 3 is 2.79 bits per heavy atom. The molecule has 0 unspecified atom stereocenters. The lowest BCUT2D eigenvalue weighted by Gasteiger charge is -2.06. The van der Waals surface area contributed by atoms with Crippen molar-refractivity contribution in [3.05, 3.63) is 86.8 Å². The summed E-state index contributed by atoms with van der Waals surface area (Å²) in [5, 5.41) is 8.20. The van der Waals surface area contributed by atoms with Crippen LogP contribution in [-0.2, 0) is 6.54 Å². The Labute approximate surface area is 169 Å². The molecule has 0 aliphatic carbocycles. The first-order chi connectivity index (χ1) is 13.5. The molecule has 0 atom stereocenters. The minimum atomic E-state index is -0.322. The van der Waals surface area contributed by atoms with E-state index in [0.717, 1.165) is 11.1 Å². The molecule has 140 valence electrons. The van der Waals surface area contributed by atoms with Gasteiger partial charge >= 0.3 is 0 Å². The van der Waals surface area contributed by atoms with Crippen LogP contribution in [0.4, 0.5) is 0 Å². The smallest absolute Gasteiger partial charge is 0.275 e. The summed E-state index contributed by atoms with van der Waals surface area (Å²) in [4.78, 5) is 29.6. The number of fused-ring (bicyclic) bond motifs is 1. The second-order valence-electron chi connectivity index (χ2n) is 6.22. The predicted molar refractivity (Wildman–Crippen MR) is 110 cm³/mol. The first kappa shape index (κ1) is 18.3. The van der Waals surface area contributed by atoms with Crippen molar-refractivity contribution in [2.45, 2.75) is 13.5 Å². The number of halogens is 1. The van der Waals surface area contributed by atoms with Crippen LogP contribution in [0.3, 0.4) is 0 Å². The van der Waals surface area contributed by atoms with E-state index in [1.54, 1.807) is 24.3 Å². The highest BCUT2D eigenvalue weighted by Crippen LogP contribution is 2.25. The van der Waals surface area contributed by atoms with Crippen LogP contribution in [0.2, 0.25) is 5.02 Å². The molecule has 8 heteroatoms. The standard InChI is InChI=1S/C20H15ClN4O2S/c1-12-5-4-6-13(9-12)19-24-25-17(26)10-14(23-20(25)28-19)11-22-18(27)15-7-2-3-8-16(15)21/h2-10H,11H2,1H3,(H,22,27). The number of aryl methyl sites for hydroxylation is 1. The fourth-order valence-electron chi connectivity index (χ4n) is 2.75. The maximum absolute atomic E-state index is 12.4. The number of nitrogens with one attached hydrogen (secondary N) is 1. The quantitative estimate of drug-likeness (QED) is 0.556. The molecular weight excluding hydrogens is 396 g/mol. The van der Waals surface area contributed by atoms with Gasteiger partial charge in [0.15, 0.2) is 0 Å². The highest BCUT2D eigenvalue weighted by Gasteiger charge is 2.13. The van der Waals surface area contributed by atoms with E-state index in [0.29, 0.717) is 26.2 Å². The van der Waals surface area contributed by atoms with Crippen molar-refractivity contribution in [1.29, 1.82) is 0 Å². The van der Waals surface area contributed by atoms with Gasteiger partial charge in [0.05, 0.1) is 22.8 Å². The Morgan fingerprint density at radius 1 is 1.18 bits per heavy atom. The van der Waals surface area contributed by atoms with Crippen LogP contribution in [0.15, 0.2) is 59.4 Å². The fourth-order valence-corrected chi connectivity index (χ4v) is 3.89. The summed E-state index contributed by atoms with van der Waals surface area (Å²) in [6, 6.07) is 16.1. The lowest BCUT2D eigenvalue weighted by molar-refractivity contribution is 0.0950. The van der Waals surface area contributed by atoms with Gasteiger partial charge in [0.25, 0.3) is 11.5 Å². The van der Waals surface area contributed by atoms with Crippen molar-refractivity contribution < 1.29 is 4.79 Å². The fraction of sp³-hybridized carbons (Fsp3) is 0.100. The Balaban J connectivity index is 1.60. The summed E-state index contributed by atoms with van der Waals surface area (Å²) in [5.74, 6) is -0.322. The van der Waals surface area contributed by atoms with Gasteiger partial charge in [0.1, 0.15) is 5.01 Å². The molecule has 6 nitrogen and oxygen atoms in total. The van der Waals surface area contributed by atoms with Crippen LogP contribution in [0.25, 0.3) is 15.5 Å². The van der Waals surface area contributed by atoms with Crippen LogP contribution in [0.1, 0.15) is 21.6 Å². The molecule has 2 aromatic carbocycles. The molecule has 0 fully saturated rings. The Kier molecular flexibility index (Phi) is 4.93. The summed E-state index contributed by atoms with van der Waals surface area (Å²) in [5.41, 5.74) is 2.59. The van der Waals surface area contributed by atoms with Gasteiger partial charge < -0.3 is 5.32 Å². The van der Waals surface area contributed by atoms with Gasteiger partial charge in [0.2, 0.25) is 4.96 Å². The molecule has 1 N–H and O–H groups in total. The van der Waals surface area contributed by atoms with Crippen molar-refractivity contribution >= 4 is 33.8 Å². The van der Waals surface area contributed by atoms with Gasteiger partial charge in [-0.25, -0.2) is 4.98 Å². The lowest BCUT2D eigenvalue weighted by Crippen LogP contribution is -2.25. The molecule has 0 saturated carbocycles. The van der Waals surface area contributed by atoms with Crippen molar-refractivity contribution in [1.82, 2.24) is 19.9 Å². The molecule has 1 amide bonds. The highest BCUT2D eigenvalue weighted by molar-refractivity contribution is 7.19. The van der Waals surface area contributed by atoms with Gasteiger partial charge in [-0.05, 0) is 25.1 Å². The minimum absolute atomic E-state index is 0.119. The van der Waals surface area contributed by atoms with Crippen molar-refractivity contribution in [2.75, 3.05) is 0 Å². The van der Waals surface area contributed by atoms with E-state index in [1.165, 1.54) is 21.9 Å². The highest BCUT2D eigenvalue weighted by atomic mass is 35.5. The van der Waals surface area contributed by atoms with Crippen LogP contribution >= 0.6 is 22.9 Å². The minimum Gasteiger partial charge on any atom is -0.346 e. The van der Waals surface area contributed by atoms with E-state index < -0.39 is 0 Å². The number of carbonyl (C=O) groups is 1. The average Bonchev–Trinajstić information content (AvgIpc) is 3.11. The molecule has 4 rings (SSSR count). The molecule has 0 radical (unpaired) electrons. The van der Waals surface area contributed by atoms with Crippen LogP contribution in [-0.4, -0.2) is 20.5 Å². The SMILES string of the molecule is Cc1cccc(-c2nn3c(=O)cc(CNC(=O)c4ccccc4Cl)nc3s2)c1. The van der Waals surface area contributed by atoms with E-state index in [9.17, 15) is 9.59 Å². The van der Waals surface area contributed by atoms with E-state index in [-0.39, 0.29) is 18.0 Å². The molecular formula is C20H15ClN4O2S. The van der Waals surface area contributed by atoms with Crippen molar-refractivity contribution in [3.8, 4) is 10.6 Å². The molecule has 0 spiro atoms. The van der Waals surface area contributed by atoms with E-state index in [1.807, 2.05) is 31.2 Å². The number of benzene rings is 2. The Hall–Kier alpha value is -3.03. The van der Waals surface area contributed by atoms with Crippen molar-refractivity contribution in [3.63, 3.8) is 0 Å². The second-order valence-corrected chi connectivity index (χ2v) is 7.58. The van der Waals surface area contributed by atoms with Crippen molar-refractivity contribution in [2.24, 2.45) is 0 Å². The molecule has 2 aromatic heterocycles. The van der Waals surface area contributed by atoms with E-state index >= 15 is 0 Å². The second kappa shape index (κ2) is 7.53. The zero-order chi connectivity index (χ0) is 19.7. The predicted octanol–water partition coefficient (Wildman–Crippen LogP) is 3.71. The van der Waals surface area contributed by atoms with Gasteiger partial charge in [-0.15, -0.1) is 0 Å². The van der Waals surface area contributed by atoms with Gasteiger partial charge in [0, 0.05) is 11.6 Å². The maximum atomic E-state index is 12.4. The molecule has 4 aromatic rings. The van der Waals surface area contributed by atoms with Gasteiger partial charge in [-0.3, -0.25) is 9.59 Å². The number of hydrogen-bond donors (Lipinski definition) is 1. The largest absolute Gasteiger partial charge is 0.346 e. The summed E-state index contributed by atoms with van der Waals surface area (Å²) in [6.07, 6.45) is 0. The molecule has 0 aliphatic rings. The number of amides is 1. The van der Waals surface area contributed by atoms with Gasteiger partial charge in [-0.1, -0.05) is 58.8 Å². The molecule has 0 saturated heterocycles. The molecule has 0 aliphatic heterocycles. The molecule has 2 heterocycles. The zero-order valence-corrected chi connectivity index (χ0v) is 16.4. The Morgan fingerprint density at radius 2 is 2.00 bits per heavy atom. The van der Waals surface area contributed by atoms with Crippen LogP contribution in [0.5, 0.6) is 0 Å². The summed E-state index contributed by atoms with van der Waals surface area (Å²) < 4.78 is 1.28. The lowest BCUT2D eigenvalue weighted by atomic mass is 10.1. The molecule has 0 bridgehead atoms. The normalized spacial score (nSPS) is 10.9. The van der Waals surface area contributed by atoms with Gasteiger partial charge in [-0.2, -0.15) is 9.61 Å². The number of hydrogen-bond acceptors (Lipinski definition) is 5. The monoisotopic (exact) mass is 410 g/mol. The number of carbonyl (C=O) groups excluding carboxylic acids is 1. The molecule has 28 heavy (non-hydrogen) atoms.